The molecule has 0 fully saturated rings. The van der Waals surface area contributed by atoms with E-state index in [1.54, 1.807) is 24.5 Å². The second kappa shape index (κ2) is 9.14. The van der Waals surface area contributed by atoms with Gasteiger partial charge in [-0.3, -0.25) is 9.10 Å². The molecule has 9 heteroatoms. The Hall–Kier alpha value is -2.19. The van der Waals surface area contributed by atoms with E-state index in [4.69, 9.17) is 20.8 Å². The first-order valence-corrected chi connectivity index (χ1v) is 10.6. The van der Waals surface area contributed by atoms with Crippen molar-refractivity contribution in [1.82, 2.24) is 5.32 Å². The second-order valence-corrected chi connectivity index (χ2v) is 8.32. The largest absolute Gasteiger partial charge is 0.495 e. The van der Waals surface area contributed by atoms with Gasteiger partial charge < -0.3 is 14.5 Å². The van der Waals surface area contributed by atoms with Crippen molar-refractivity contribution in [1.29, 1.82) is 0 Å². The fraction of sp³-hybridized carbons (Fsp3) is 0.389. The fourth-order valence-corrected chi connectivity index (χ4v) is 4.03. The van der Waals surface area contributed by atoms with E-state index in [-0.39, 0.29) is 5.69 Å². The lowest BCUT2D eigenvalue weighted by molar-refractivity contribution is -0.121. The minimum absolute atomic E-state index is 0.214. The van der Waals surface area contributed by atoms with Gasteiger partial charge in [-0.1, -0.05) is 11.6 Å². The molecule has 7 nitrogen and oxygen atoms in total. The summed E-state index contributed by atoms with van der Waals surface area (Å²) < 4.78 is 36.2. The van der Waals surface area contributed by atoms with E-state index < -0.39 is 22.0 Å². The molecule has 2 aromatic rings. The number of nitrogens with one attached hydrogen (secondary N) is 1. The van der Waals surface area contributed by atoms with Crippen molar-refractivity contribution in [2.24, 2.45) is 0 Å². The standard InChI is InChI=1S/C18H23ClN2O5S/c1-13(18(22)20-10-4-6-15-7-5-11-26-15)21(27(3,23)24)16-12-14(19)8-9-17(16)25-2/h5,7-9,11-13H,4,6,10H2,1-3H3,(H,20,22). The molecule has 148 valence electrons. The van der Waals surface area contributed by atoms with Gasteiger partial charge >= 0.3 is 0 Å². The van der Waals surface area contributed by atoms with Gasteiger partial charge in [-0.05, 0) is 43.7 Å². The lowest BCUT2D eigenvalue weighted by Crippen LogP contribution is -2.48. The maximum Gasteiger partial charge on any atom is 0.243 e. The molecule has 1 aromatic heterocycles. The third-order valence-electron chi connectivity index (χ3n) is 3.95. The lowest BCUT2D eigenvalue weighted by Gasteiger charge is -2.29. The van der Waals surface area contributed by atoms with E-state index in [9.17, 15) is 13.2 Å². The quantitative estimate of drug-likeness (QED) is 0.637. The Morgan fingerprint density at radius 3 is 2.70 bits per heavy atom. The van der Waals surface area contributed by atoms with Gasteiger partial charge in [0.25, 0.3) is 0 Å². The maximum atomic E-state index is 12.5. The van der Waals surface area contributed by atoms with E-state index in [2.05, 4.69) is 5.32 Å². The zero-order valence-corrected chi connectivity index (χ0v) is 17.0. The number of carbonyl (C=O) groups excluding carboxylic acids is 1. The van der Waals surface area contributed by atoms with Crippen molar-refractivity contribution < 1.29 is 22.4 Å². The first-order valence-electron chi connectivity index (χ1n) is 8.37. The number of hydrogen-bond donors (Lipinski definition) is 1. The summed E-state index contributed by atoms with van der Waals surface area (Å²) in [5.41, 5.74) is 0.214. The highest BCUT2D eigenvalue weighted by atomic mass is 35.5. The van der Waals surface area contributed by atoms with Crippen LogP contribution in [0.5, 0.6) is 5.75 Å². The zero-order valence-electron chi connectivity index (χ0n) is 15.4. The molecule has 0 aliphatic heterocycles. The molecule has 0 radical (unpaired) electrons. The molecule has 1 amide bonds. The predicted octanol–water partition coefficient (Wildman–Crippen LogP) is 2.85. The summed E-state index contributed by atoms with van der Waals surface area (Å²) in [6.07, 6.45) is 3.98. The van der Waals surface area contributed by atoms with Crippen LogP contribution in [0.15, 0.2) is 41.0 Å². The minimum atomic E-state index is -3.76. The zero-order chi connectivity index (χ0) is 20.0. The molecule has 1 unspecified atom stereocenters. The molecule has 1 aromatic carbocycles. The van der Waals surface area contributed by atoms with Crippen molar-refractivity contribution in [3.63, 3.8) is 0 Å². The van der Waals surface area contributed by atoms with Gasteiger partial charge in [-0.2, -0.15) is 0 Å². The van der Waals surface area contributed by atoms with Crippen molar-refractivity contribution in [3.05, 3.63) is 47.4 Å². The molecule has 1 N–H and O–H groups in total. The molecular weight excluding hydrogens is 392 g/mol. The monoisotopic (exact) mass is 414 g/mol. The number of amides is 1. The summed E-state index contributed by atoms with van der Waals surface area (Å²) in [6.45, 7) is 1.91. The number of nitrogens with zero attached hydrogens (tertiary/aromatic N) is 1. The fourth-order valence-electron chi connectivity index (χ4n) is 2.69. The third-order valence-corrected chi connectivity index (χ3v) is 5.41. The molecule has 2 rings (SSSR count). The molecule has 0 saturated carbocycles. The molecule has 0 aliphatic rings. The van der Waals surface area contributed by atoms with Crippen molar-refractivity contribution in [2.75, 3.05) is 24.2 Å². The Morgan fingerprint density at radius 1 is 1.37 bits per heavy atom. The van der Waals surface area contributed by atoms with Gasteiger partial charge in [-0.15, -0.1) is 0 Å². The molecule has 0 bridgehead atoms. The number of anilines is 1. The second-order valence-electron chi connectivity index (χ2n) is 6.02. The van der Waals surface area contributed by atoms with E-state index in [1.807, 2.05) is 6.07 Å². The van der Waals surface area contributed by atoms with Crippen LogP contribution >= 0.6 is 11.6 Å². The van der Waals surface area contributed by atoms with Gasteiger partial charge in [0.05, 0.1) is 25.3 Å². The number of carbonyl (C=O) groups is 1. The molecule has 0 saturated heterocycles. The van der Waals surface area contributed by atoms with Crippen LogP contribution in [0.2, 0.25) is 5.02 Å². The van der Waals surface area contributed by atoms with Gasteiger partial charge in [-0.25, -0.2) is 8.42 Å². The van der Waals surface area contributed by atoms with Crippen LogP contribution in [-0.4, -0.2) is 40.3 Å². The van der Waals surface area contributed by atoms with E-state index in [1.165, 1.54) is 20.1 Å². The summed E-state index contributed by atoms with van der Waals surface area (Å²) in [5.74, 6) is 0.725. The summed E-state index contributed by atoms with van der Waals surface area (Å²) >= 11 is 6.02. The molecule has 27 heavy (non-hydrogen) atoms. The SMILES string of the molecule is COc1ccc(Cl)cc1N(C(C)C(=O)NCCCc1ccco1)S(C)(=O)=O. The third kappa shape index (κ3) is 5.64. The van der Waals surface area contributed by atoms with Gasteiger partial charge in [0, 0.05) is 18.0 Å². The average molecular weight is 415 g/mol. The Balaban J connectivity index is 2.12. The number of ether oxygens (including phenoxy) is 1. The topological polar surface area (TPSA) is 88.8 Å². The average Bonchev–Trinajstić information content (AvgIpc) is 3.11. The van der Waals surface area contributed by atoms with Crippen LogP contribution in [0.4, 0.5) is 5.69 Å². The number of sulfonamides is 1. The predicted molar refractivity (Wildman–Crippen MR) is 105 cm³/mol. The van der Waals surface area contributed by atoms with Crippen LogP contribution in [0.25, 0.3) is 0 Å². The number of benzene rings is 1. The summed E-state index contributed by atoms with van der Waals surface area (Å²) in [6, 6.07) is 7.30. The van der Waals surface area contributed by atoms with Gasteiger partial charge in [0.2, 0.25) is 15.9 Å². The normalized spacial score (nSPS) is 12.4. The lowest BCUT2D eigenvalue weighted by atomic mass is 10.2. The van der Waals surface area contributed by atoms with Crippen LogP contribution in [-0.2, 0) is 21.2 Å². The highest BCUT2D eigenvalue weighted by Crippen LogP contribution is 2.34. The molecule has 1 heterocycles. The molecule has 0 spiro atoms. The van der Waals surface area contributed by atoms with E-state index in [0.29, 0.717) is 30.2 Å². The number of halogens is 1. The Bertz CT molecular complexity index is 868. The first-order chi connectivity index (χ1) is 12.7. The summed E-state index contributed by atoms with van der Waals surface area (Å²) in [4.78, 5) is 12.5. The Kier molecular flexibility index (Phi) is 7.15. The number of aryl methyl sites for hydroxylation is 1. The maximum absolute atomic E-state index is 12.5. The van der Waals surface area contributed by atoms with E-state index >= 15 is 0 Å². The smallest absolute Gasteiger partial charge is 0.243 e. The first kappa shape index (κ1) is 21.1. The minimum Gasteiger partial charge on any atom is -0.495 e. The summed E-state index contributed by atoms with van der Waals surface area (Å²) in [7, 11) is -2.34. The molecule has 0 aliphatic carbocycles. The number of rotatable bonds is 9. The van der Waals surface area contributed by atoms with E-state index in [0.717, 1.165) is 16.3 Å². The van der Waals surface area contributed by atoms with Crippen LogP contribution in [0, 0.1) is 0 Å². The molecule has 1 atom stereocenters. The Labute approximate surface area is 164 Å². The summed E-state index contributed by atoms with van der Waals surface area (Å²) in [5, 5.41) is 3.10. The van der Waals surface area contributed by atoms with Crippen LogP contribution in [0.1, 0.15) is 19.1 Å². The number of furan rings is 1. The number of methoxy groups -OCH3 is 1. The highest BCUT2D eigenvalue weighted by Gasteiger charge is 2.31. The van der Waals surface area contributed by atoms with Crippen LogP contribution in [0.3, 0.4) is 0 Å². The number of hydrogen-bond acceptors (Lipinski definition) is 5. The van der Waals surface area contributed by atoms with Gasteiger partial charge in [0.1, 0.15) is 17.6 Å². The van der Waals surface area contributed by atoms with Crippen molar-refractivity contribution in [3.8, 4) is 5.75 Å². The van der Waals surface area contributed by atoms with Gasteiger partial charge in [0.15, 0.2) is 0 Å². The Morgan fingerprint density at radius 2 is 2.11 bits per heavy atom. The van der Waals surface area contributed by atoms with Crippen LogP contribution < -0.4 is 14.4 Å². The highest BCUT2D eigenvalue weighted by molar-refractivity contribution is 7.92. The molecular formula is C18H23ClN2O5S. The van der Waals surface area contributed by atoms with Crippen molar-refractivity contribution in [2.45, 2.75) is 25.8 Å². The van der Waals surface area contributed by atoms with Crippen molar-refractivity contribution >= 4 is 33.2 Å².